The first-order valence-corrected chi connectivity index (χ1v) is 9.06. The molecule has 0 spiro atoms. The summed E-state index contributed by atoms with van der Waals surface area (Å²) in [6.45, 7) is 7.05. The van der Waals surface area contributed by atoms with Gasteiger partial charge in [0, 0.05) is 6.20 Å². The molecule has 1 amide bonds. The molecule has 2 heterocycles. The van der Waals surface area contributed by atoms with Crippen LogP contribution in [0.2, 0.25) is 0 Å². The minimum absolute atomic E-state index is 0.0397. The van der Waals surface area contributed by atoms with Gasteiger partial charge in [0.1, 0.15) is 18.1 Å². The number of amides is 1. The van der Waals surface area contributed by atoms with Crippen LogP contribution in [0.5, 0.6) is 0 Å². The van der Waals surface area contributed by atoms with E-state index in [1.807, 2.05) is 13.8 Å². The number of carbonyl (C=O) groups excluding carboxylic acids is 1. The molecule has 1 unspecified atom stereocenters. The van der Waals surface area contributed by atoms with Crippen molar-refractivity contribution in [3.8, 4) is 0 Å². The van der Waals surface area contributed by atoms with Crippen LogP contribution in [0.3, 0.4) is 0 Å². The highest BCUT2D eigenvalue weighted by Crippen LogP contribution is 2.34. The molecule has 3 aromatic rings. The number of aliphatic hydroxyl groups is 1. The molecule has 156 valence electrons. The zero-order chi connectivity index (χ0) is 21.6. The number of furan rings is 1. The largest absolute Gasteiger partial charge is 0.445 e. The minimum Gasteiger partial charge on any atom is -0.445 e. The predicted molar refractivity (Wildman–Crippen MR) is 105 cm³/mol. The summed E-state index contributed by atoms with van der Waals surface area (Å²) in [5, 5.41) is 12.1. The Labute approximate surface area is 166 Å². The number of fused-ring (bicyclic) bond motifs is 1. The zero-order valence-corrected chi connectivity index (χ0v) is 16.5. The molecule has 0 saturated carbocycles. The van der Waals surface area contributed by atoms with Crippen molar-refractivity contribution in [1.29, 1.82) is 0 Å². The highest BCUT2D eigenvalue weighted by atomic mass is 19.1. The van der Waals surface area contributed by atoms with Gasteiger partial charge in [0.15, 0.2) is 11.4 Å². The summed E-state index contributed by atoms with van der Waals surface area (Å²) in [5.41, 5.74) is 2.71. The molecule has 7 nitrogen and oxygen atoms in total. The van der Waals surface area contributed by atoms with Crippen LogP contribution in [-0.4, -0.2) is 28.7 Å². The molecule has 2 aromatic heterocycles. The maximum Gasteiger partial charge on any atom is 0.312 e. The van der Waals surface area contributed by atoms with Gasteiger partial charge in [-0.05, 0) is 31.5 Å². The van der Waals surface area contributed by atoms with Crippen molar-refractivity contribution in [2.24, 2.45) is 0 Å². The summed E-state index contributed by atoms with van der Waals surface area (Å²) in [5.74, 6) is -2.47. The highest BCUT2D eigenvalue weighted by Gasteiger charge is 2.24. The third-order valence-electron chi connectivity index (χ3n) is 3.63. The Morgan fingerprint density at radius 3 is 2.66 bits per heavy atom. The van der Waals surface area contributed by atoms with Crippen LogP contribution >= 0.6 is 0 Å². The number of pyridine rings is 1. The number of aryl methyl sites for hydroxylation is 1. The van der Waals surface area contributed by atoms with Gasteiger partial charge in [-0.1, -0.05) is 19.9 Å². The number of hydroxylamine groups is 1. The van der Waals surface area contributed by atoms with Gasteiger partial charge >= 0.3 is 5.91 Å². The van der Waals surface area contributed by atoms with Gasteiger partial charge in [-0.2, -0.15) is 0 Å². The van der Waals surface area contributed by atoms with E-state index in [4.69, 9.17) is 9.25 Å². The van der Waals surface area contributed by atoms with Gasteiger partial charge in [-0.25, -0.2) is 14.3 Å². The van der Waals surface area contributed by atoms with E-state index < -0.39 is 23.6 Å². The molecule has 0 aliphatic carbocycles. The first-order chi connectivity index (χ1) is 13.9. The zero-order valence-electron chi connectivity index (χ0n) is 16.5. The number of anilines is 2. The molecule has 0 radical (unpaired) electrons. The Morgan fingerprint density at radius 1 is 1.28 bits per heavy atom. The Morgan fingerprint density at radius 2 is 2.00 bits per heavy atom. The monoisotopic (exact) mass is 407 g/mol. The van der Waals surface area contributed by atoms with Crippen LogP contribution in [-0.2, 0) is 4.84 Å². The Bertz CT molecular complexity index is 989. The van der Waals surface area contributed by atoms with Crippen LogP contribution in [0.1, 0.15) is 36.9 Å². The maximum absolute atomic E-state index is 14.2. The van der Waals surface area contributed by atoms with E-state index in [-0.39, 0.29) is 34.7 Å². The van der Waals surface area contributed by atoms with E-state index in [1.165, 1.54) is 25.3 Å². The van der Waals surface area contributed by atoms with Gasteiger partial charge in [0.25, 0.3) is 0 Å². The average molecular weight is 407 g/mol. The number of aromatic nitrogens is 1. The molecule has 1 atom stereocenters. The summed E-state index contributed by atoms with van der Waals surface area (Å²) in [7, 11) is 0. The second-order valence-corrected chi connectivity index (χ2v) is 6.00. The number of nitrogens with zero attached hydrogens (tertiary/aromatic N) is 1. The molecule has 0 aliphatic rings. The van der Waals surface area contributed by atoms with Gasteiger partial charge in [0.2, 0.25) is 5.76 Å². The fourth-order valence-electron chi connectivity index (χ4n) is 2.39. The molecular weight excluding hydrogens is 384 g/mol. The lowest BCUT2D eigenvalue weighted by molar-refractivity contribution is -0.00800. The van der Waals surface area contributed by atoms with Crippen molar-refractivity contribution >= 4 is 28.3 Å². The lowest BCUT2D eigenvalue weighted by Crippen LogP contribution is -2.27. The molecule has 3 N–H and O–H groups in total. The standard InChI is InChI=1S/C18H17F2N3O4.C2H6/c1-9-3-4-14(12(19)5-9)22-15-11-6-21-7-13(20)16(11)27-17(15)18(25)23-26-8-10(2)24;1-2/h3-7,10,22,24H,8H2,1-2H3,(H,23,25);1-2H3. The van der Waals surface area contributed by atoms with Crippen molar-refractivity contribution in [3.05, 3.63) is 53.6 Å². The third kappa shape index (κ3) is 5.27. The van der Waals surface area contributed by atoms with Gasteiger partial charge in [-0.3, -0.25) is 14.6 Å². The first kappa shape index (κ1) is 22.3. The van der Waals surface area contributed by atoms with Gasteiger partial charge < -0.3 is 14.8 Å². The quantitative estimate of drug-likeness (QED) is 0.529. The van der Waals surface area contributed by atoms with Crippen molar-refractivity contribution in [2.75, 3.05) is 11.9 Å². The third-order valence-corrected chi connectivity index (χ3v) is 3.63. The molecule has 0 bridgehead atoms. The molecule has 0 aliphatic heterocycles. The second kappa shape index (κ2) is 9.94. The van der Waals surface area contributed by atoms with Crippen molar-refractivity contribution in [1.82, 2.24) is 10.5 Å². The van der Waals surface area contributed by atoms with Crippen LogP contribution in [0.4, 0.5) is 20.2 Å². The summed E-state index contributed by atoms with van der Waals surface area (Å²) < 4.78 is 33.6. The predicted octanol–water partition coefficient (Wildman–Crippen LogP) is 4.23. The number of halogens is 2. The SMILES string of the molecule is CC.Cc1ccc(Nc2c(C(=O)NOCC(C)O)oc3c(F)cncc23)c(F)c1. The van der Waals surface area contributed by atoms with E-state index in [1.54, 1.807) is 13.0 Å². The second-order valence-electron chi connectivity index (χ2n) is 6.00. The summed E-state index contributed by atoms with van der Waals surface area (Å²) in [4.78, 5) is 21.0. The smallest absolute Gasteiger partial charge is 0.312 e. The highest BCUT2D eigenvalue weighted by molar-refractivity contribution is 6.06. The molecule has 1 aromatic carbocycles. The maximum atomic E-state index is 14.2. The van der Waals surface area contributed by atoms with Crippen LogP contribution in [0, 0.1) is 18.6 Å². The van der Waals surface area contributed by atoms with E-state index in [0.29, 0.717) is 5.56 Å². The summed E-state index contributed by atoms with van der Waals surface area (Å²) in [6.07, 6.45) is 1.43. The number of hydrogen-bond donors (Lipinski definition) is 3. The Hall–Kier alpha value is -3.04. The van der Waals surface area contributed by atoms with E-state index in [2.05, 4.69) is 15.8 Å². The number of rotatable bonds is 6. The van der Waals surface area contributed by atoms with Crippen LogP contribution < -0.4 is 10.8 Å². The topological polar surface area (TPSA) is 96.6 Å². The Balaban J connectivity index is 0.00000145. The summed E-state index contributed by atoms with van der Waals surface area (Å²) in [6, 6.07) is 4.48. The molecule has 9 heteroatoms. The van der Waals surface area contributed by atoms with Gasteiger partial charge in [-0.15, -0.1) is 0 Å². The fraction of sp³-hybridized carbons (Fsp3) is 0.300. The van der Waals surface area contributed by atoms with E-state index in [9.17, 15) is 18.7 Å². The fourth-order valence-corrected chi connectivity index (χ4v) is 2.39. The van der Waals surface area contributed by atoms with Crippen LogP contribution in [0.15, 0.2) is 35.0 Å². The molecule has 0 saturated heterocycles. The lowest BCUT2D eigenvalue weighted by Gasteiger charge is -2.10. The molecular formula is C20H23F2N3O4. The minimum atomic E-state index is -0.832. The first-order valence-electron chi connectivity index (χ1n) is 9.06. The number of carbonyl (C=O) groups is 1. The summed E-state index contributed by atoms with van der Waals surface area (Å²) >= 11 is 0. The Kier molecular flexibility index (Phi) is 7.63. The number of nitrogens with one attached hydrogen (secondary N) is 2. The molecule has 29 heavy (non-hydrogen) atoms. The number of benzene rings is 1. The lowest BCUT2D eigenvalue weighted by atomic mass is 10.2. The van der Waals surface area contributed by atoms with Crippen molar-refractivity contribution in [2.45, 2.75) is 33.8 Å². The molecule has 3 rings (SSSR count). The number of hydrogen-bond acceptors (Lipinski definition) is 6. The number of aliphatic hydroxyl groups excluding tert-OH is 1. The van der Waals surface area contributed by atoms with Crippen LogP contribution in [0.25, 0.3) is 11.0 Å². The van der Waals surface area contributed by atoms with E-state index in [0.717, 1.165) is 6.20 Å². The van der Waals surface area contributed by atoms with E-state index >= 15 is 0 Å². The van der Waals surface area contributed by atoms with Gasteiger partial charge in [0.05, 0.1) is 23.4 Å². The normalized spacial score (nSPS) is 11.6. The molecule has 0 fully saturated rings. The average Bonchev–Trinajstić information content (AvgIpc) is 3.05. The van der Waals surface area contributed by atoms with Crippen molar-refractivity contribution in [3.63, 3.8) is 0 Å². The van der Waals surface area contributed by atoms with Crippen molar-refractivity contribution < 1.29 is 27.9 Å².